The zero-order chi connectivity index (χ0) is 47.1. The molecule has 11 aromatic carbocycles. The van der Waals surface area contributed by atoms with Gasteiger partial charge in [0.05, 0.1) is 17.1 Å². The first-order valence-electron chi connectivity index (χ1n) is 24.0. The summed E-state index contributed by atoms with van der Waals surface area (Å²) in [6.07, 6.45) is 0. The van der Waals surface area contributed by atoms with Crippen molar-refractivity contribution in [2.24, 2.45) is 0 Å². The first-order valence-corrected chi connectivity index (χ1v) is 24.8. The molecule has 0 aliphatic heterocycles. The van der Waals surface area contributed by atoms with Crippen LogP contribution in [0.3, 0.4) is 0 Å². The third-order valence-corrected chi connectivity index (χ3v) is 14.6. The number of benzene rings is 11. The molecule has 0 fully saturated rings. The molecule has 71 heavy (non-hydrogen) atoms. The van der Waals surface area contributed by atoms with Crippen LogP contribution in [0.2, 0.25) is 0 Å². The summed E-state index contributed by atoms with van der Waals surface area (Å²) >= 11 is 1.86. The predicted octanol–water partition coefficient (Wildman–Crippen LogP) is 19.7. The highest BCUT2D eigenvalue weighted by Crippen LogP contribution is 2.47. The zero-order valence-corrected chi connectivity index (χ0v) is 39.5. The molecule has 0 unspecified atom stereocenters. The maximum absolute atomic E-state index is 6.51. The molecule has 13 aromatic rings. The van der Waals surface area contributed by atoms with E-state index in [0.717, 1.165) is 84.3 Å². The number of para-hydroxylation sites is 6. The molecule has 0 amide bonds. The topological polar surface area (TPSA) is 22.9 Å². The van der Waals surface area contributed by atoms with E-state index in [4.69, 9.17) is 4.42 Å². The first kappa shape index (κ1) is 42.0. The van der Waals surface area contributed by atoms with E-state index in [1.54, 1.807) is 0 Å². The van der Waals surface area contributed by atoms with Crippen molar-refractivity contribution in [1.29, 1.82) is 0 Å². The van der Waals surface area contributed by atoms with Gasteiger partial charge in [-0.25, -0.2) is 0 Å². The fourth-order valence-corrected chi connectivity index (χ4v) is 11.4. The summed E-state index contributed by atoms with van der Waals surface area (Å²) in [5.74, 6) is 0. The van der Waals surface area contributed by atoms with Gasteiger partial charge in [-0.05, 0) is 120 Å². The Balaban J connectivity index is 0.993. The maximum atomic E-state index is 6.51. The van der Waals surface area contributed by atoms with Gasteiger partial charge in [0.15, 0.2) is 0 Å². The molecular weight excluding hydrogens is 883 g/mol. The van der Waals surface area contributed by atoms with Gasteiger partial charge in [0, 0.05) is 70.6 Å². The van der Waals surface area contributed by atoms with Crippen molar-refractivity contribution in [3.8, 4) is 22.3 Å². The van der Waals surface area contributed by atoms with Gasteiger partial charge in [0.1, 0.15) is 11.2 Å². The summed E-state index contributed by atoms with van der Waals surface area (Å²) in [6, 6.07) is 97.7. The summed E-state index contributed by atoms with van der Waals surface area (Å²) in [6.45, 7) is 0. The molecule has 336 valence electrons. The van der Waals surface area contributed by atoms with Crippen LogP contribution in [0.25, 0.3) is 64.4 Å². The minimum absolute atomic E-state index is 0.892. The average Bonchev–Trinajstić information content (AvgIpc) is 4.02. The molecule has 0 saturated carbocycles. The third-order valence-electron chi connectivity index (χ3n) is 13.4. The molecule has 5 heteroatoms. The summed E-state index contributed by atoms with van der Waals surface area (Å²) in [5, 5.41) is 4.84. The van der Waals surface area contributed by atoms with Crippen LogP contribution in [0.5, 0.6) is 0 Å². The lowest BCUT2D eigenvalue weighted by Gasteiger charge is -2.33. The number of fused-ring (bicyclic) bond motifs is 6. The molecule has 2 heterocycles. The second-order valence-electron chi connectivity index (χ2n) is 17.7. The van der Waals surface area contributed by atoms with Gasteiger partial charge in [0.2, 0.25) is 0 Å². The lowest BCUT2D eigenvalue weighted by molar-refractivity contribution is 0.670. The van der Waals surface area contributed by atoms with E-state index < -0.39 is 0 Å². The second kappa shape index (κ2) is 18.1. The molecule has 0 saturated heterocycles. The third kappa shape index (κ3) is 7.75. The Kier molecular flexibility index (Phi) is 10.7. The van der Waals surface area contributed by atoms with Gasteiger partial charge in [-0.3, -0.25) is 0 Å². The molecule has 0 N–H and O–H groups in total. The van der Waals surface area contributed by atoms with Crippen molar-refractivity contribution in [3.63, 3.8) is 0 Å². The Hall–Kier alpha value is -9.16. The lowest BCUT2D eigenvalue weighted by Crippen LogP contribution is -2.16. The second-order valence-corrected chi connectivity index (χ2v) is 18.8. The maximum Gasteiger partial charge on any atom is 0.143 e. The number of furan rings is 1. The predicted molar refractivity (Wildman–Crippen MR) is 302 cm³/mol. The number of thiophene rings is 1. The molecular formula is C66H45N3OS. The van der Waals surface area contributed by atoms with Crippen LogP contribution >= 0.6 is 11.3 Å². The molecule has 2 aromatic heterocycles. The monoisotopic (exact) mass is 927 g/mol. The van der Waals surface area contributed by atoms with Gasteiger partial charge in [0.25, 0.3) is 0 Å². The van der Waals surface area contributed by atoms with Crippen molar-refractivity contribution < 1.29 is 4.42 Å². The number of hydrogen-bond acceptors (Lipinski definition) is 5. The smallest absolute Gasteiger partial charge is 0.143 e. The van der Waals surface area contributed by atoms with E-state index in [1.165, 1.54) is 31.3 Å². The van der Waals surface area contributed by atoms with Crippen LogP contribution in [0, 0.1) is 0 Å². The minimum Gasteiger partial charge on any atom is -0.455 e. The Labute approximate surface area is 416 Å². The van der Waals surface area contributed by atoms with E-state index in [0.29, 0.717) is 0 Å². The number of nitrogens with zero attached hydrogens (tertiary/aromatic N) is 3. The zero-order valence-electron chi connectivity index (χ0n) is 38.6. The van der Waals surface area contributed by atoms with Crippen molar-refractivity contribution in [2.75, 3.05) is 14.7 Å². The van der Waals surface area contributed by atoms with E-state index in [2.05, 4.69) is 276 Å². The highest BCUT2D eigenvalue weighted by atomic mass is 32.1. The molecule has 0 atom stereocenters. The summed E-state index contributed by atoms with van der Waals surface area (Å²) in [7, 11) is 0. The summed E-state index contributed by atoms with van der Waals surface area (Å²) < 4.78 is 9.12. The molecule has 0 bridgehead atoms. The van der Waals surface area contributed by atoms with Gasteiger partial charge in [-0.1, -0.05) is 170 Å². The summed E-state index contributed by atoms with van der Waals surface area (Å²) in [5.41, 5.74) is 15.7. The fraction of sp³-hybridized carbons (Fsp3) is 0. The largest absolute Gasteiger partial charge is 0.455 e. The Morgan fingerprint density at radius 3 is 1.15 bits per heavy atom. The Morgan fingerprint density at radius 2 is 0.648 bits per heavy atom. The highest BCUT2D eigenvalue weighted by molar-refractivity contribution is 7.26. The van der Waals surface area contributed by atoms with Crippen molar-refractivity contribution in [2.45, 2.75) is 0 Å². The number of hydrogen-bond donors (Lipinski definition) is 0. The van der Waals surface area contributed by atoms with Gasteiger partial charge >= 0.3 is 0 Å². The molecule has 13 rings (SSSR count). The van der Waals surface area contributed by atoms with Crippen LogP contribution in [0.15, 0.2) is 277 Å². The van der Waals surface area contributed by atoms with E-state index in [1.807, 2.05) is 23.5 Å². The summed E-state index contributed by atoms with van der Waals surface area (Å²) in [4.78, 5) is 7.10. The quantitative estimate of drug-likeness (QED) is 0.129. The van der Waals surface area contributed by atoms with Crippen LogP contribution in [0.4, 0.5) is 51.2 Å². The first-order chi connectivity index (χ1) is 35.2. The van der Waals surface area contributed by atoms with Crippen LogP contribution < -0.4 is 14.7 Å². The lowest BCUT2D eigenvalue weighted by atomic mass is 10.0. The average molecular weight is 928 g/mol. The highest BCUT2D eigenvalue weighted by Gasteiger charge is 2.23. The van der Waals surface area contributed by atoms with Crippen molar-refractivity contribution in [3.05, 3.63) is 273 Å². The molecule has 0 aliphatic carbocycles. The Morgan fingerprint density at radius 1 is 0.268 bits per heavy atom. The SMILES string of the molecule is c1ccc(N(c2ccccc2)c2cc(N(c3ccccc3)c3ccc(-c4cccc5c4oc4ccccc45)cc3)cc(N(c3ccccc3)c3ccc(-c4cccc5c4sc4ccccc45)cc3)c2)cc1. The molecule has 0 spiro atoms. The Bertz CT molecular complexity index is 3720. The fourth-order valence-electron chi connectivity index (χ4n) is 10.1. The van der Waals surface area contributed by atoms with Crippen LogP contribution in [0.1, 0.15) is 0 Å². The number of anilines is 9. The number of rotatable bonds is 11. The van der Waals surface area contributed by atoms with Crippen molar-refractivity contribution >= 4 is 105 Å². The van der Waals surface area contributed by atoms with Crippen LogP contribution in [-0.2, 0) is 0 Å². The van der Waals surface area contributed by atoms with E-state index in [9.17, 15) is 0 Å². The van der Waals surface area contributed by atoms with Gasteiger partial charge in [-0.2, -0.15) is 0 Å². The molecule has 4 nitrogen and oxygen atoms in total. The van der Waals surface area contributed by atoms with Crippen molar-refractivity contribution in [1.82, 2.24) is 0 Å². The van der Waals surface area contributed by atoms with E-state index >= 15 is 0 Å². The van der Waals surface area contributed by atoms with Crippen LogP contribution in [-0.4, -0.2) is 0 Å². The standard InChI is InChI=1S/C66H45N3OS/c1-5-19-48(20-6-1)67(49-21-7-2-8-22-49)54-43-55(68(50-23-9-3-10-24-50)52-39-35-46(36-40-52)57-29-17-31-61-59-27-13-15-33-63(59)70-65(57)61)45-56(44-54)69(51-25-11-4-12-26-51)53-41-37-47(38-42-53)58-30-18-32-62-60-28-14-16-34-64(60)71-66(58)62/h1-45H. The minimum atomic E-state index is 0.892. The van der Waals surface area contributed by atoms with E-state index in [-0.39, 0.29) is 0 Å². The molecule has 0 aliphatic rings. The molecule has 0 radical (unpaired) electrons. The normalized spacial score (nSPS) is 11.4. The van der Waals surface area contributed by atoms with Gasteiger partial charge in [-0.15, -0.1) is 11.3 Å². The van der Waals surface area contributed by atoms with Gasteiger partial charge < -0.3 is 19.1 Å².